The van der Waals surface area contributed by atoms with Crippen molar-refractivity contribution in [3.8, 4) is 11.5 Å². The largest absolute Gasteiger partial charge is 0.493 e. The second-order valence-corrected chi connectivity index (χ2v) is 9.93. The summed E-state index contributed by atoms with van der Waals surface area (Å²) in [5.41, 5.74) is 2.48. The zero-order valence-electron chi connectivity index (χ0n) is 16.7. The zero-order valence-corrected chi connectivity index (χ0v) is 19.1. The SMILES string of the molecule is COc1cc2c(cc1OC)CN(CCCNS(=O)(=O)c1c(Cl)nc3sccn13)CC2. The van der Waals surface area contributed by atoms with Crippen LogP contribution in [0.1, 0.15) is 17.5 Å². The van der Waals surface area contributed by atoms with Crippen molar-refractivity contribution >= 4 is 37.9 Å². The Bertz CT molecular complexity index is 1160. The first kappa shape index (κ1) is 21.4. The number of nitrogens with one attached hydrogen (secondary N) is 1. The Balaban J connectivity index is 1.34. The number of rotatable bonds is 8. The van der Waals surface area contributed by atoms with Crippen molar-refractivity contribution in [3.63, 3.8) is 0 Å². The van der Waals surface area contributed by atoms with Gasteiger partial charge in [0.2, 0.25) is 0 Å². The third kappa shape index (κ3) is 4.15. The van der Waals surface area contributed by atoms with E-state index in [-0.39, 0.29) is 10.2 Å². The summed E-state index contributed by atoms with van der Waals surface area (Å²) in [6, 6.07) is 4.07. The first-order valence-corrected chi connectivity index (χ1v) is 12.2. The van der Waals surface area contributed by atoms with Gasteiger partial charge in [0, 0.05) is 31.2 Å². The number of nitrogens with zero attached hydrogens (tertiary/aromatic N) is 3. The molecular weight excluding hydrogens is 448 g/mol. The molecule has 0 spiro atoms. The molecule has 1 aromatic carbocycles. The van der Waals surface area contributed by atoms with E-state index in [4.69, 9.17) is 21.1 Å². The van der Waals surface area contributed by atoms with Crippen molar-refractivity contribution in [3.05, 3.63) is 40.0 Å². The van der Waals surface area contributed by atoms with Gasteiger partial charge in [-0.25, -0.2) is 18.1 Å². The van der Waals surface area contributed by atoms with Gasteiger partial charge in [-0.2, -0.15) is 0 Å². The van der Waals surface area contributed by atoms with Gasteiger partial charge in [-0.05, 0) is 42.6 Å². The molecule has 0 amide bonds. The minimum absolute atomic E-state index is 0.00615. The van der Waals surface area contributed by atoms with Gasteiger partial charge < -0.3 is 9.47 Å². The molecule has 1 aliphatic rings. The fourth-order valence-electron chi connectivity index (χ4n) is 3.69. The minimum Gasteiger partial charge on any atom is -0.493 e. The maximum atomic E-state index is 12.7. The monoisotopic (exact) mass is 470 g/mol. The Morgan fingerprint density at radius 2 is 1.97 bits per heavy atom. The molecule has 162 valence electrons. The number of halogens is 1. The third-order valence-electron chi connectivity index (χ3n) is 5.17. The van der Waals surface area contributed by atoms with Crippen molar-refractivity contribution in [1.82, 2.24) is 19.0 Å². The Labute approximate surface area is 184 Å². The molecular formula is C19H23ClN4O4S2. The summed E-state index contributed by atoms with van der Waals surface area (Å²) in [7, 11) is -0.464. The van der Waals surface area contributed by atoms with Crippen LogP contribution in [-0.2, 0) is 23.0 Å². The number of methoxy groups -OCH3 is 2. The van der Waals surface area contributed by atoms with Gasteiger partial charge in [-0.15, -0.1) is 11.3 Å². The molecule has 0 atom stereocenters. The van der Waals surface area contributed by atoms with Crippen molar-refractivity contribution < 1.29 is 17.9 Å². The number of ether oxygens (including phenoxy) is 2. The highest BCUT2D eigenvalue weighted by Gasteiger charge is 2.25. The Morgan fingerprint density at radius 1 is 1.23 bits per heavy atom. The number of benzene rings is 1. The van der Waals surface area contributed by atoms with Crippen molar-refractivity contribution in [2.75, 3.05) is 33.9 Å². The fraction of sp³-hybridized carbons (Fsp3) is 0.421. The molecule has 0 bridgehead atoms. The molecule has 1 aliphatic heterocycles. The van der Waals surface area contributed by atoms with E-state index in [9.17, 15) is 8.42 Å². The number of hydrogen-bond donors (Lipinski definition) is 1. The van der Waals surface area contributed by atoms with Crippen LogP contribution in [0.5, 0.6) is 11.5 Å². The van der Waals surface area contributed by atoms with E-state index < -0.39 is 10.0 Å². The van der Waals surface area contributed by atoms with E-state index in [1.165, 1.54) is 26.9 Å². The second kappa shape index (κ2) is 8.72. The topological polar surface area (TPSA) is 85.2 Å². The molecule has 0 aliphatic carbocycles. The van der Waals surface area contributed by atoms with Gasteiger partial charge in [-0.3, -0.25) is 9.30 Å². The lowest BCUT2D eigenvalue weighted by Crippen LogP contribution is -2.34. The first-order chi connectivity index (χ1) is 14.4. The van der Waals surface area contributed by atoms with Crippen molar-refractivity contribution in [2.24, 2.45) is 0 Å². The molecule has 0 saturated heterocycles. The van der Waals surface area contributed by atoms with Gasteiger partial charge in [0.05, 0.1) is 14.2 Å². The quantitative estimate of drug-likeness (QED) is 0.509. The van der Waals surface area contributed by atoms with E-state index in [1.807, 2.05) is 12.1 Å². The summed E-state index contributed by atoms with van der Waals surface area (Å²) in [5.74, 6) is 1.47. The van der Waals surface area contributed by atoms with E-state index in [1.54, 1.807) is 25.8 Å². The molecule has 30 heavy (non-hydrogen) atoms. The number of sulfonamides is 1. The third-order valence-corrected chi connectivity index (χ3v) is 7.79. The van der Waals surface area contributed by atoms with Crippen LogP contribution in [0.3, 0.4) is 0 Å². The van der Waals surface area contributed by atoms with Crippen LogP contribution in [0, 0.1) is 0 Å². The Hall–Kier alpha value is -1.85. The van der Waals surface area contributed by atoms with Crippen LogP contribution in [0.4, 0.5) is 0 Å². The van der Waals surface area contributed by atoms with Crippen LogP contribution in [0.2, 0.25) is 5.15 Å². The molecule has 0 radical (unpaired) electrons. The molecule has 8 nitrogen and oxygen atoms in total. The lowest BCUT2D eigenvalue weighted by Gasteiger charge is -2.29. The summed E-state index contributed by atoms with van der Waals surface area (Å²) in [6.45, 7) is 2.82. The minimum atomic E-state index is -3.74. The summed E-state index contributed by atoms with van der Waals surface area (Å²) < 4.78 is 40.3. The predicted molar refractivity (Wildman–Crippen MR) is 116 cm³/mol. The zero-order chi connectivity index (χ0) is 21.3. The number of thiazole rings is 1. The van der Waals surface area contributed by atoms with Crippen LogP contribution in [0.15, 0.2) is 28.7 Å². The highest BCUT2D eigenvalue weighted by molar-refractivity contribution is 7.89. The lowest BCUT2D eigenvalue weighted by molar-refractivity contribution is 0.250. The predicted octanol–water partition coefficient (Wildman–Crippen LogP) is 2.79. The molecule has 3 heterocycles. The first-order valence-electron chi connectivity index (χ1n) is 9.50. The fourth-order valence-corrected chi connectivity index (χ4v) is 6.21. The number of aromatic nitrogens is 2. The van der Waals surface area contributed by atoms with Crippen LogP contribution in [-0.4, -0.2) is 56.6 Å². The summed E-state index contributed by atoms with van der Waals surface area (Å²) in [5, 5.41) is 1.76. The van der Waals surface area contributed by atoms with Crippen LogP contribution < -0.4 is 14.2 Å². The molecule has 0 unspecified atom stereocenters. The van der Waals surface area contributed by atoms with Crippen LogP contribution >= 0.6 is 22.9 Å². The Morgan fingerprint density at radius 3 is 2.70 bits per heavy atom. The lowest BCUT2D eigenvalue weighted by atomic mass is 9.98. The average Bonchev–Trinajstić information content (AvgIpc) is 3.29. The average molecular weight is 471 g/mol. The van der Waals surface area contributed by atoms with E-state index in [2.05, 4.69) is 14.6 Å². The summed E-state index contributed by atoms with van der Waals surface area (Å²) >= 11 is 7.39. The molecule has 0 fully saturated rings. The van der Waals surface area contributed by atoms with Gasteiger partial charge >= 0.3 is 0 Å². The van der Waals surface area contributed by atoms with Crippen molar-refractivity contribution in [2.45, 2.75) is 24.4 Å². The number of imidazole rings is 1. The van der Waals surface area contributed by atoms with Gasteiger partial charge in [-0.1, -0.05) is 11.6 Å². The second-order valence-electron chi connectivity index (χ2n) is 7.02. The molecule has 1 N–H and O–H groups in total. The summed E-state index contributed by atoms with van der Waals surface area (Å²) in [6.07, 6.45) is 3.26. The normalized spacial score (nSPS) is 14.8. The molecule has 2 aromatic heterocycles. The smallest absolute Gasteiger partial charge is 0.259 e. The molecule has 0 saturated carbocycles. The summed E-state index contributed by atoms with van der Waals surface area (Å²) in [4.78, 5) is 6.96. The van der Waals surface area contributed by atoms with Gasteiger partial charge in [0.25, 0.3) is 10.0 Å². The molecule has 3 aromatic rings. The highest BCUT2D eigenvalue weighted by atomic mass is 35.5. The van der Waals surface area contributed by atoms with E-state index in [0.717, 1.165) is 37.6 Å². The Kier molecular flexibility index (Phi) is 6.21. The molecule has 11 heteroatoms. The maximum absolute atomic E-state index is 12.7. The van der Waals surface area contributed by atoms with E-state index in [0.29, 0.717) is 17.9 Å². The maximum Gasteiger partial charge on any atom is 0.259 e. The standard InChI is InChI=1S/C19H23ClN4O4S2/c1-27-15-10-13-4-7-23(12-14(13)11-16(15)28-2)6-3-5-21-30(25,26)18-17(20)22-19-24(18)8-9-29-19/h8-11,21H,3-7,12H2,1-2H3. The van der Waals surface area contributed by atoms with Gasteiger partial charge in [0.15, 0.2) is 26.6 Å². The number of hydrogen-bond acceptors (Lipinski definition) is 7. The molecule has 4 rings (SSSR count). The van der Waals surface area contributed by atoms with E-state index >= 15 is 0 Å². The van der Waals surface area contributed by atoms with Crippen molar-refractivity contribution in [1.29, 1.82) is 0 Å². The number of fused-ring (bicyclic) bond motifs is 2. The van der Waals surface area contributed by atoms with Crippen LogP contribution in [0.25, 0.3) is 4.96 Å². The highest BCUT2D eigenvalue weighted by Crippen LogP contribution is 2.33. The van der Waals surface area contributed by atoms with Gasteiger partial charge in [0.1, 0.15) is 0 Å².